The molecule has 0 fully saturated rings. The third kappa shape index (κ3) is 6.72. The standard InChI is InChI=1S/C27H28O5/c1-3-7-21-10-15-25(26(20-21)29-2)32-19-17-30-16-18-31-24-13-11-23(12-14-24)27(28)22-8-5-4-6-9-22/h3-15,20H,16-19H2,1-2H3. The molecule has 0 aliphatic rings. The average Bonchev–Trinajstić information content (AvgIpc) is 2.84. The Bertz CT molecular complexity index is 1010. The quantitative estimate of drug-likeness (QED) is 0.282. The van der Waals surface area contributed by atoms with Crippen molar-refractivity contribution >= 4 is 11.9 Å². The van der Waals surface area contributed by atoms with Crippen molar-refractivity contribution in [3.05, 3.63) is 95.6 Å². The molecule has 3 aromatic rings. The molecule has 5 nitrogen and oxygen atoms in total. The molecule has 0 bridgehead atoms. The first kappa shape index (κ1) is 23.1. The van der Waals surface area contributed by atoms with Gasteiger partial charge in [0.2, 0.25) is 0 Å². The van der Waals surface area contributed by atoms with Gasteiger partial charge in [-0.1, -0.05) is 48.6 Å². The van der Waals surface area contributed by atoms with E-state index < -0.39 is 0 Å². The SMILES string of the molecule is CC=Cc1ccc(OCCOCCOc2ccc(C(=O)c3ccccc3)cc2)c(OC)c1. The summed E-state index contributed by atoms with van der Waals surface area (Å²) in [5, 5.41) is 0. The van der Waals surface area contributed by atoms with Crippen molar-refractivity contribution in [2.45, 2.75) is 6.92 Å². The first-order valence-corrected chi connectivity index (χ1v) is 10.5. The minimum absolute atomic E-state index is 0.00594. The van der Waals surface area contributed by atoms with Crippen molar-refractivity contribution in [1.29, 1.82) is 0 Å². The fourth-order valence-corrected chi connectivity index (χ4v) is 3.09. The maximum absolute atomic E-state index is 12.4. The number of hydrogen-bond acceptors (Lipinski definition) is 5. The number of benzene rings is 3. The zero-order valence-electron chi connectivity index (χ0n) is 18.5. The van der Waals surface area contributed by atoms with Crippen LogP contribution in [0.2, 0.25) is 0 Å². The van der Waals surface area contributed by atoms with E-state index >= 15 is 0 Å². The Labute approximate surface area is 189 Å². The number of carbonyl (C=O) groups is 1. The van der Waals surface area contributed by atoms with E-state index in [0.29, 0.717) is 54.8 Å². The van der Waals surface area contributed by atoms with Crippen LogP contribution in [-0.2, 0) is 4.74 Å². The van der Waals surface area contributed by atoms with Crippen LogP contribution in [0.5, 0.6) is 17.2 Å². The lowest BCUT2D eigenvalue weighted by Crippen LogP contribution is -2.12. The van der Waals surface area contributed by atoms with E-state index in [1.54, 1.807) is 31.4 Å². The summed E-state index contributed by atoms with van der Waals surface area (Å²) in [4.78, 5) is 12.4. The molecular formula is C27H28O5. The Morgan fingerprint density at radius 2 is 1.47 bits per heavy atom. The number of allylic oxidation sites excluding steroid dienone is 1. The van der Waals surface area contributed by atoms with E-state index in [1.165, 1.54) is 0 Å². The monoisotopic (exact) mass is 432 g/mol. The van der Waals surface area contributed by atoms with E-state index in [2.05, 4.69) is 0 Å². The van der Waals surface area contributed by atoms with E-state index in [1.807, 2.05) is 67.6 Å². The van der Waals surface area contributed by atoms with Crippen molar-refractivity contribution in [3.63, 3.8) is 0 Å². The van der Waals surface area contributed by atoms with Gasteiger partial charge in [-0.3, -0.25) is 4.79 Å². The summed E-state index contributed by atoms with van der Waals surface area (Å²) in [7, 11) is 1.62. The molecule has 0 spiro atoms. The molecule has 0 aliphatic heterocycles. The maximum atomic E-state index is 12.4. The summed E-state index contributed by atoms with van der Waals surface area (Å²) in [5.74, 6) is 2.07. The molecule has 0 radical (unpaired) electrons. The van der Waals surface area contributed by atoms with Crippen LogP contribution in [-0.4, -0.2) is 39.3 Å². The van der Waals surface area contributed by atoms with E-state index in [-0.39, 0.29) is 5.78 Å². The van der Waals surface area contributed by atoms with Crippen molar-refractivity contribution in [2.24, 2.45) is 0 Å². The van der Waals surface area contributed by atoms with Crippen LogP contribution < -0.4 is 14.2 Å². The topological polar surface area (TPSA) is 54.0 Å². The van der Waals surface area contributed by atoms with Gasteiger partial charge in [-0.2, -0.15) is 0 Å². The van der Waals surface area contributed by atoms with E-state index in [4.69, 9.17) is 18.9 Å². The first-order valence-electron chi connectivity index (χ1n) is 10.5. The number of carbonyl (C=O) groups excluding carboxylic acids is 1. The van der Waals surface area contributed by atoms with Gasteiger partial charge in [-0.05, 0) is 48.9 Å². The van der Waals surface area contributed by atoms with Gasteiger partial charge >= 0.3 is 0 Å². The molecule has 3 rings (SSSR count). The number of ether oxygens (including phenoxy) is 4. The van der Waals surface area contributed by atoms with E-state index in [9.17, 15) is 4.79 Å². The van der Waals surface area contributed by atoms with Crippen molar-refractivity contribution < 1.29 is 23.7 Å². The van der Waals surface area contributed by atoms with Crippen LogP contribution in [0.1, 0.15) is 28.4 Å². The second kappa shape index (κ2) is 12.3. The first-order chi connectivity index (χ1) is 15.7. The smallest absolute Gasteiger partial charge is 0.193 e. The Hall–Kier alpha value is -3.57. The molecular weight excluding hydrogens is 404 g/mol. The molecule has 0 N–H and O–H groups in total. The van der Waals surface area contributed by atoms with Gasteiger partial charge in [0.05, 0.1) is 20.3 Å². The fraction of sp³-hybridized carbons (Fsp3) is 0.222. The van der Waals surface area contributed by atoms with Gasteiger partial charge in [0.1, 0.15) is 19.0 Å². The maximum Gasteiger partial charge on any atom is 0.193 e. The molecule has 0 saturated carbocycles. The Balaban J connectivity index is 1.35. The van der Waals surface area contributed by atoms with Crippen LogP contribution in [0.15, 0.2) is 78.9 Å². The molecule has 0 aliphatic carbocycles. The molecule has 0 heterocycles. The molecule has 32 heavy (non-hydrogen) atoms. The summed E-state index contributed by atoms with van der Waals surface area (Å²) in [6, 6.07) is 22.2. The number of hydrogen-bond donors (Lipinski definition) is 0. The highest BCUT2D eigenvalue weighted by Crippen LogP contribution is 2.28. The zero-order chi connectivity index (χ0) is 22.6. The largest absolute Gasteiger partial charge is 0.493 e. The van der Waals surface area contributed by atoms with Gasteiger partial charge in [0, 0.05) is 11.1 Å². The molecule has 3 aromatic carbocycles. The number of rotatable bonds is 12. The summed E-state index contributed by atoms with van der Waals surface area (Å²) >= 11 is 0. The predicted molar refractivity (Wildman–Crippen MR) is 126 cm³/mol. The van der Waals surface area contributed by atoms with Gasteiger partial charge < -0.3 is 18.9 Å². The highest BCUT2D eigenvalue weighted by molar-refractivity contribution is 6.08. The Morgan fingerprint density at radius 3 is 2.16 bits per heavy atom. The van der Waals surface area contributed by atoms with Gasteiger partial charge in [-0.15, -0.1) is 0 Å². The van der Waals surface area contributed by atoms with Gasteiger partial charge in [0.15, 0.2) is 17.3 Å². The Kier molecular flexibility index (Phi) is 8.90. The second-order valence-corrected chi connectivity index (χ2v) is 6.94. The minimum atomic E-state index is -0.00594. The second-order valence-electron chi connectivity index (χ2n) is 6.94. The van der Waals surface area contributed by atoms with Gasteiger partial charge in [-0.25, -0.2) is 0 Å². The molecule has 0 amide bonds. The van der Waals surface area contributed by atoms with Crippen LogP contribution in [0, 0.1) is 0 Å². The van der Waals surface area contributed by atoms with Crippen molar-refractivity contribution in [2.75, 3.05) is 33.5 Å². The summed E-state index contributed by atoms with van der Waals surface area (Å²) in [6.07, 6.45) is 3.98. The van der Waals surface area contributed by atoms with Crippen LogP contribution in [0.25, 0.3) is 6.08 Å². The normalized spacial score (nSPS) is 10.8. The predicted octanol–water partition coefficient (Wildman–Crippen LogP) is 5.43. The van der Waals surface area contributed by atoms with Crippen LogP contribution in [0.3, 0.4) is 0 Å². The van der Waals surface area contributed by atoms with Crippen LogP contribution in [0.4, 0.5) is 0 Å². The summed E-state index contributed by atoms with van der Waals surface area (Å²) in [5.41, 5.74) is 2.36. The van der Waals surface area contributed by atoms with E-state index in [0.717, 1.165) is 5.56 Å². The molecule has 166 valence electrons. The molecule has 0 aromatic heterocycles. The zero-order valence-corrected chi connectivity index (χ0v) is 18.5. The third-order valence-electron chi connectivity index (χ3n) is 4.68. The third-order valence-corrected chi connectivity index (χ3v) is 4.68. The molecule has 5 heteroatoms. The lowest BCUT2D eigenvalue weighted by molar-refractivity contribution is 0.0757. The van der Waals surface area contributed by atoms with Gasteiger partial charge in [0.25, 0.3) is 0 Å². The minimum Gasteiger partial charge on any atom is -0.493 e. The van der Waals surface area contributed by atoms with Crippen LogP contribution >= 0.6 is 0 Å². The molecule has 0 saturated heterocycles. The van der Waals surface area contributed by atoms with Crippen molar-refractivity contribution in [3.8, 4) is 17.2 Å². The lowest BCUT2D eigenvalue weighted by atomic mass is 10.0. The number of ketones is 1. The average molecular weight is 433 g/mol. The van der Waals surface area contributed by atoms with Crippen molar-refractivity contribution in [1.82, 2.24) is 0 Å². The fourth-order valence-electron chi connectivity index (χ4n) is 3.09. The lowest BCUT2D eigenvalue weighted by Gasteiger charge is -2.12. The summed E-state index contributed by atoms with van der Waals surface area (Å²) < 4.78 is 22.4. The highest BCUT2D eigenvalue weighted by Gasteiger charge is 2.08. The highest BCUT2D eigenvalue weighted by atomic mass is 16.6. The molecule has 0 unspecified atom stereocenters. The number of methoxy groups -OCH3 is 1. The summed E-state index contributed by atoms with van der Waals surface area (Å²) in [6.45, 7) is 3.67. The molecule has 0 atom stereocenters. The Morgan fingerprint density at radius 1 is 0.781 bits per heavy atom.